The van der Waals surface area contributed by atoms with Crippen LogP contribution in [0.1, 0.15) is 49.2 Å². The van der Waals surface area contributed by atoms with Crippen LogP contribution < -0.4 is 10.6 Å². The molecule has 0 unspecified atom stereocenters. The summed E-state index contributed by atoms with van der Waals surface area (Å²) < 4.78 is 0. The summed E-state index contributed by atoms with van der Waals surface area (Å²) in [6.07, 6.45) is 7.87. The lowest BCUT2D eigenvalue weighted by Gasteiger charge is -2.32. The van der Waals surface area contributed by atoms with Gasteiger partial charge in [-0.1, -0.05) is 12.8 Å². The number of thiazole rings is 1. The van der Waals surface area contributed by atoms with Crippen molar-refractivity contribution in [1.82, 2.24) is 15.6 Å². The van der Waals surface area contributed by atoms with Crippen molar-refractivity contribution in [1.29, 1.82) is 0 Å². The zero-order valence-corrected chi connectivity index (χ0v) is 12.7. The molecule has 4 heteroatoms. The predicted molar refractivity (Wildman–Crippen MR) is 80.6 cm³/mol. The third-order valence-electron chi connectivity index (χ3n) is 4.67. The molecule has 1 aliphatic heterocycles. The van der Waals surface area contributed by atoms with E-state index in [2.05, 4.69) is 22.9 Å². The van der Waals surface area contributed by atoms with Gasteiger partial charge in [-0.2, -0.15) is 0 Å². The Morgan fingerprint density at radius 1 is 1.37 bits per heavy atom. The smallest absolute Gasteiger partial charge is 0.113 e. The summed E-state index contributed by atoms with van der Waals surface area (Å²) in [7, 11) is 0. The summed E-state index contributed by atoms with van der Waals surface area (Å²) in [4.78, 5) is 4.77. The summed E-state index contributed by atoms with van der Waals surface area (Å²) in [6, 6.07) is 0. The first-order valence-electron chi connectivity index (χ1n) is 7.67. The largest absolute Gasteiger partial charge is 0.317 e. The molecule has 0 amide bonds. The highest BCUT2D eigenvalue weighted by Gasteiger charge is 2.38. The molecule has 2 fully saturated rings. The molecule has 19 heavy (non-hydrogen) atoms. The lowest BCUT2D eigenvalue weighted by molar-refractivity contribution is 0.277. The van der Waals surface area contributed by atoms with Crippen LogP contribution in [0.25, 0.3) is 0 Å². The number of aromatic nitrogens is 1. The highest BCUT2D eigenvalue weighted by molar-refractivity contribution is 7.09. The Morgan fingerprint density at radius 2 is 2.11 bits per heavy atom. The molecule has 1 saturated carbocycles. The van der Waals surface area contributed by atoms with E-state index < -0.39 is 0 Å². The molecule has 0 aromatic carbocycles. The van der Waals surface area contributed by atoms with Crippen LogP contribution in [0.3, 0.4) is 0 Å². The SMILES string of the molecule is Cc1csc(C2(NCC3CCNCC3)CCCC2)n1. The van der Waals surface area contributed by atoms with Crippen LogP contribution in [0.4, 0.5) is 0 Å². The minimum absolute atomic E-state index is 0.198. The molecule has 2 heterocycles. The van der Waals surface area contributed by atoms with Crippen molar-refractivity contribution >= 4 is 11.3 Å². The molecular weight excluding hydrogens is 254 g/mol. The normalized spacial score (nSPS) is 23.8. The zero-order chi connectivity index (χ0) is 13.1. The summed E-state index contributed by atoms with van der Waals surface area (Å²) in [6.45, 7) is 5.65. The summed E-state index contributed by atoms with van der Waals surface area (Å²) in [5.41, 5.74) is 1.37. The van der Waals surface area contributed by atoms with Gasteiger partial charge in [-0.15, -0.1) is 11.3 Å². The van der Waals surface area contributed by atoms with E-state index in [0.717, 1.165) is 5.92 Å². The van der Waals surface area contributed by atoms with Gasteiger partial charge >= 0.3 is 0 Å². The second kappa shape index (κ2) is 5.90. The second-order valence-electron chi connectivity index (χ2n) is 6.16. The van der Waals surface area contributed by atoms with Crippen molar-refractivity contribution in [3.63, 3.8) is 0 Å². The Balaban J connectivity index is 1.66. The Morgan fingerprint density at radius 3 is 2.74 bits per heavy atom. The van der Waals surface area contributed by atoms with E-state index in [1.807, 2.05) is 11.3 Å². The van der Waals surface area contributed by atoms with Gasteiger partial charge in [-0.3, -0.25) is 0 Å². The maximum absolute atomic E-state index is 4.77. The number of hydrogen-bond acceptors (Lipinski definition) is 4. The maximum Gasteiger partial charge on any atom is 0.113 e. The number of hydrogen-bond donors (Lipinski definition) is 2. The van der Waals surface area contributed by atoms with Crippen LogP contribution in [-0.2, 0) is 5.54 Å². The van der Waals surface area contributed by atoms with Gasteiger partial charge in [0.25, 0.3) is 0 Å². The second-order valence-corrected chi connectivity index (χ2v) is 7.02. The van der Waals surface area contributed by atoms with Crippen molar-refractivity contribution in [2.24, 2.45) is 5.92 Å². The summed E-state index contributed by atoms with van der Waals surface area (Å²) >= 11 is 1.85. The van der Waals surface area contributed by atoms with Gasteiger partial charge in [-0.25, -0.2) is 4.98 Å². The lowest BCUT2D eigenvalue weighted by Crippen LogP contribution is -2.44. The van der Waals surface area contributed by atoms with Crippen molar-refractivity contribution in [2.45, 2.75) is 51.0 Å². The highest BCUT2D eigenvalue weighted by atomic mass is 32.1. The minimum Gasteiger partial charge on any atom is -0.317 e. The van der Waals surface area contributed by atoms with Crippen molar-refractivity contribution in [2.75, 3.05) is 19.6 Å². The number of nitrogens with one attached hydrogen (secondary N) is 2. The average Bonchev–Trinajstić information content (AvgIpc) is 3.07. The first-order chi connectivity index (χ1) is 9.28. The Labute approximate surface area is 120 Å². The topological polar surface area (TPSA) is 37.0 Å². The Kier molecular flexibility index (Phi) is 4.20. The van der Waals surface area contributed by atoms with Crippen molar-refractivity contribution < 1.29 is 0 Å². The molecular formula is C15H25N3S. The Hall–Kier alpha value is -0.450. The van der Waals surface area contributed by atoms with Crippen LogP contribution >= 0.6 is 11.3 Å². The first-order valence-corrected chi connectivity index (χ1v) is 8.55. The molecule has 0 bridgehead atoms. The molecule has 0 spiro atoms. The molecule has 1 aromatic heterocycles. The monoisotopic (exact) mass is 279 g/mol. The van der Waals surface area contributed by atoms with Gasteiger partial charge in [0.2, 0.25) is 0 Å². The minimum atomic E-state index is 0.198. The highest BCUT2D eigenvalue weighted by Crippen LogP contribution is 2.40. The van der Waals surface area contributed by atoms with Gasteiger partial charge in [0.1, 0.15) is 5.01 Å². The molecule has 0 atom stereocenters. The molecule has 0 radical (unpaired) electrons. The standard InChI is InChI=1S/C15H25N3S/c1-12-11-19-14(18-12)15(6-2-3-7-15)17-10-13-4-8-16-9-5-13/h11,13,16-17H,2-10H2,1H3. The van der Waals surface area contributed by atoms with Crippen LogP contribution in [0.2, 0.25) is 0 Å². The van der Waals surface area contributed by atoms with Crippen LogP contribution in [0.5, 0.6) is 0 Å². The van der Waals surface area contributed by atoms with Gasteiger partial charge in [0, 0.05) is 11.1 Å². The van der Waals surface area contributed by atoms with E-state index in [9.17, 15) is 0 Å². The molecule has 106 valence electrons. The molecule has 1 saturated heterocycles. The van der Waals surface area contributed by atoms with E-state index in [1.165, 1.54) is 68.9 Å². The van der Waals surface area contributed by atoms with Gasteiger partial charge in [0.05, 0.1) is 5.54 Å². The maximum atomic E-state index is 4.77. The van der Waals surface area contributed by atoms with Crippen LogP contribution in [0.15, 0.2) is 5.38 Å². The number of nitrogens with zero attached hydrogens (tertiary/aromatic N) is 1. The summed E-state index contributed by atoms with van der Waals surface area (Å²) in [5, 5.41) is 10.9. The summed E-state index contributed by atoms with van der Waals surface area (Å²) in [5.74, 6) is 0.847. The zero-order valence-electron chi connectivity index (χ0n) is 11.9. The van der Waals surface area contributed by atoms with E-state index in [0.29, 0.717) is 0 Å². The van der Waals surface area contributed by atoms with Gasteiger partial charge in [-0.05, 0) is 58.2 Å². The van der Waals surface area contributed by atoms with E-state index in [4.69, 9.17) is 4.98 Å². The lowest BCUT2D eigenvalue weighted by atomic mass is 9.93. The number of aryl methyl sites for hydroxylation is 1. The molecule has 1 aromatic rings. The van der Waals surface area contributed by atoms with Crippen LogP contribution in [-0.4, -0.2) is 24.6 Å². The third kappa shape index (κ3) is 3.01. The number of rotatable bonds is 4. The fourth-order valence-corrected chi connectivity index (χ4v) is 4.48. The van der Waals surface area contributed by atoms with Gasteiger partial charge in [0.15, 0.2) is 0 Å². The van der Waals surface area contributed by atoms with E-state index in [-0.39, 0.29) is 5.54 Å². The van der Waals surface area contributed by atoms with Crippen molar-refractivity contribution in [3.05, 3.63) is 16.1 Å². The van der Waals surface area contributed by atoms with E-state index in [1.54, 1.807) is 0 Å². The third-order valence-corrected chi connectivity index (χ3v) is 5.84. The Bertz CT molecular complexity index is 403. The van der Waals surface area contributed by atoms with Gasteiger partial charge < -0.3 is 10.6 Å². The molecule has 1 aliphatic carbocycles. The van der Waals surface area contributed by atoms with Crippen molar-refractivity contribution in [3.8, 4) is 0 Å². The number of piperidine rings is 1. The molecule has 3 rings (SSSR count). The fourth-order valence-electron chi connectivity index (χ4n) is 3.44. The molecule has 3 nitrogen and oxygen atoms in total. The predicted octanol–water partition coefficient (Wildman–Crippen LogP) is 2.81. The quantitative estimate of drug-likeness (QED) is 0.890. The van der Waals surface area contributed by atoms with E-state index >= 15 is 0 Å². The van der Waals surface area contributed by atoms with Crippen LogP contribution in [0, 0.1) is 12.8 Å². The molecule has 2 aliphatic rings. The average molecular weight is 279 g/mol. The molecule has 2 N–H and O–H groups in total. The first kappa shape index (κ1) is 13.5. The fraction of sp³-hybridized carbons (Fsp3) is 0.800.